The first-order valence-electron chi connectivity index (χ1n) is 16.7. The number of benzene rings is 2. The van der Waals surface area contributed by atoms with Crippen molar-refractivity contribution in [2.45, 2.75) is 109 Å². The lowest BCUT2D eigenvalue weighted by atomic mass is 9.74. The summed E-state index contributed by atoms with van der Waals surface area (Å²) in [4.78, 5) is 65.6. The van der Waals surface area contributed by atoms with Crippen LogP contribution >= 0.6 is 22.9 Å². The molecule has 2 aliphatic rings. The van der Waals surface area contributed by atoms with Crippen molar-refractivity contribution >= 4 is 46.1 Å². The van der Waals surface area contributed by atoms with Crippen molar-refractivity contribution in [3.8, 4) is 22.0 Å². The Morgan fingerprint density at radius 3 is 1.92 bits per heavy atom. The lowest BCUT2D eigenvalue weighted by Gasteiger charge is -2.44. The van der Waals surface area contributed by atoms with Crippen molar-refractivity contribution < 1.29 is 33.1 Å². The van der Waals surface area contributed by atoms with E-state index in [0.717, 1.165) is 16.0 Å². The quantitative estimate of drug-likeness (QED) is 0.176. The molecule has 0 N–H and O–H groups in total. The highest BCUT2D eigenvalue weighted by molar-refractivity contribution is 7.15. The van der Waals surface area contributed by atoms with E-state index in [1.807, 2.05) is 31.2 Å². The summed E-state index contributed by atoms with van der Waals surface area (Å²) in [6, 6.07) is 14.6. The van der Waals surface area contributed by atoms with Crippen LogP contribution in [0, 0.1) is 6.92 Å². The van der Waals surface area contributed by atoms with Crippen molar-refractivity contribution in [1.29, 1.82) is 0 Å². The normalized spacial score (nSPS) is 23.4. The fourth-order valence-electron chi connectivity index (χ4n) is 7.17. The van der Waals surface area contributed by atoms with Crippen molar-refractivity contribution in [1.82, 2.24) is 9.97 Å². The van der Waals surface area contributed by atoms with Crippen LogP contribution in [0.5, 0.6) is 0 Å². The molecule has 2 fully saturated rings. The van der Waals surface area contributed by atoms with Crippen LogP contribution in [0.3, 0.4) is 0 Å². The Hall–Kier alpha value is -3.83. The van der Waals surface area contributed by atoms with E-state index < -0.39 is 45.8 Å². The van der Waals surface area contributed by atoms with E-state index in [0.29, 0.717) is 39.4 Å². The van der Waals surface area contributed by atoms with Crippen molar-refractivity contribution in [2.75, 3.05) is 0 Å². The summed E-state index contributed by atoms with van der Waals surface area (Å²) in [6.07, 6.45) is 0.767. The molecule has 11 heteroatoms. The number of thiazole rings is 1. The number of ketones is 4. The molecule has 0 amide bonds. The Labute approximate surface area is 300 Å². The van der Waals surface area contributed by atoms with Gasteiger partial charge in [0, 0.05) is 27.4 Å². The van der Waals surface area contributed by atoms with Gasteiger partial charge in [-0.15, -0.1) is 11.3 Å². The number of rotatable bonds is 7. The molecular weight excluding hydrogens is 676 g/mol. The number of oxazole rings is 1. The number of aromatic nitrogens is 2. The molecule has 262 valence electrons. The molecule has 2 aromatic carbocycles. The number of ether oxygens (including phenoxy) is 2. The molecule has 0 aliphatic carbocycles. The molecule has 2 saturated heterocycles. The zero-order valence-electron chi connectivity index (χ0n) is 29.7. The van der Waals surface area contributed by atoms with Gasteiger partial charge >= 0.3 is 0 Å². The van der Waals surface area contributed by atoms with Gasteiger partial charge in [0.05, 0.1) is 5.69 Å². The number of Topliss-reactive ketones (excluding diaryl/α,β-unsaturated/α-hetero) is 4. The highest BCUT2D eigenvalue weighted by Crippen LogP contribution is 2.44. The average Bonchev–Trinajstić information content (AvgIpc) is 3.63. The predicted molar refractivity (Wildman–Crippen MR) is 191 cm³/mol. The van der Waals surface area contributed by atoms with E-state index in [2.05, 4.69) is 4.98 Å². The number of carbonyl (C=O) groups excluding carboxylic acids is 4. The maximum Gasteiger partial charge on any atom is 0.226 e. The van der Waals surface area contributed by atoms with E-state index in [1.165, 1.54) is 11.3 Å². The molecule has 9 nitrogen and oxygen atoms in total. The predicted octanol–water partition coefficient (Wildman–Crippen LogP) is 7.83. The van der Waals surface area contributed by atoms with Crippen LogP contribution in [-0.4, -0.2) is 55.5 Å². The van der Waals surface area contributed by atoms with E-state index >= 15 is 0 Å². The molecule has 4 aromatic rings. The van der Waals surface area contributed by atoms with Gasteiger partial charge in [0.25, 0.3) is 0 Å². The molecule has 0 saturated carbocycles. The van der Waals surface area contributed by atoms with Gasteiger partial charge in [0.1, 0.15) is 50.7 Å². The average molecular weight is 717 g/mol. The van der Waals surface area contributed by atoms with E-state index in [9.17, 15) is 19.2 Å². The second-order valence-corrected chi connectivity index (χ2v) is 16.3. The number of halogens is 1. The van der Waals surface area contributed by atoms with Gasteiger partial charge in [-0.3, -0.25) is 19.2 Å². The van der Waals surface area contributed by atoms with E-state index in [-0.39, 0.29) is 23.7 Å². The van der Waals surface area contributed by atoms with Crippen molar-refractivity contribution in [2.24, 2.45) is 0 Å². The minimum atomic E-state index is -1.38. The second kappa shape index (κ2) is 12.4. The molecule has 0 radical (unpaired) electrons. The maximum atomic E-state index is 14.3. The monoisotopic (exact) mass is 716 g/mol. The van der Waals surface area contributed by atoms with Crippen LogP contribution in [0.1, 0.15) is 94.8 Å². The molecule has 2 atom stereocenters. The van der Waals surface area contributed by atoms with Crippen LogP contribution in [-0.2, 0) is 41.5 Å². The number of hydrogen-bond acceptors (Lipinski definition) is 10. The van der Waals surface area contributed by atoms with Crippen molar-refractivity contribution in [3.63, 3.8) is 0 Å². The Morgan fingerprint density at radius 1 is 0.740 bits per heavy atom. The number of aryl methyl sites for hydroxylation is 2. The van der Waals surface area contributed by atoms with E-state index in [1.54, 1.807) is 79.7 Å². The van der Waals surface area contributed by atoms with Gasteiger partial charge in [-0.1, -0.05) is 36.7 Å². The third-order valence-corrected chi connectivity index (χ3v) is 11.1. The van der Waals surface area contributed by atoms with Crippen LogP contribution in [0.2, 0.25) is 5.02 Å². The number of nitrogens with zero attached hydrogens (tertiary/aromatic N) is 2. The van der Waals surface area contributed by atoms with Gasteiger partial charge in [0.2, 0.25) is 5.89 Å². The highest BCUT2D eigenvalue weighted by Gasteiger charge is 2.57. The van der Waals surface area contributed by atoms with Crippen LogP contribution < -0.4 is 0 Å². The fraction of sp³-hybridized carbons (Fsp3) is 0.436. The second-order valence-electron chi connectivity index (χ2n) is 14.8. The minimum Gasteiger partial charge on any atom is -0.441 e. The van der Waals surface area contributed by atoms with Gasteiger partial charge in [-0.2, -0.15) is 0 Å². The molecule has 50 heavy (non-hydrogen) atoms. The van der Waals surface area contributed by atoms with E-state index in [4.69, 9.17) is 30.5 Å². The SMILES string of the molecule is CCc1sc(-c2cccc(CC3(C)OC(C)(C)C(=O)C(c4nc(-c5ccc(Cl)cc5)oc4C)C3=O)c2)nc1C1C(=O)C(C)(C)OC(C)(C)C1=O. The lowest BCUT2D eigenvalue weighted by Crippen LogP contribution is -2.60. The molecule has 2 aromatic heterocycles. The van der Waals surface area contributed by atoms with Crippen LogP contribution in [0.4, 0.5) is 0 Å². The fourth-order valence-corrected chi connectivity index (χ4v) is 8.33. The first kappa shape index (κ1) is 36.0. The topological polar surface area (TPSA) is 126 Å². The summed E-state index contributed by atoms with van der Waals surface area (Å²) < 4.78 is 18.2. The first-order valence-corrected chi connectivity index (χ1v) is 17.9. The number of carbonyl (C=O) groups is 4. The zero-order valence-corrected chi connectivity index (χ0v) is 31.3. The summed E-state index contributed by atoms with van der Waals surface area (Å²) in [7, 11) is 0. The molecule has 2 aliphatic heterocycles. The van der Waals surface area contributed by atoms with Gasteiger partial charge in [-0.05, 0) is 97.7 Å². The molecule has 4 heterocycles. The largest absolute Gasteiger partial charge is 0.441 e. The summed E-state index contributed by atoms with van der Waals surface area (Å²) in [5.74, 6) is -2.96. The third kappa shape index (κ3) is 6.21. The Kier molecular flexibility index (Phi) is 8.95. The summed E-state index contributed by atoms with van der Waals surface area (Å²) in [6.45, 7) is 15.5. The van der Waals surface area contributed by atoms with Gasteiger partial charge in [0.15, 0.2) is 23.1 Å². The summed E-state index contributed by atoms with van der Waals surface area (Å²) in [5, 5.41) is 1.22. The maximum absolute atomic E-state index is 14.3. The zero-order chi connectivity index (χ0) is 36.6. The Morgan fingerprint density at radius 2 is 1.32 bits per heavy atom. The van der Waals surface area contributed by atoms with Crippen LogP contribution in [0.25, 0.3) is 22.0 Å². The third-order valence-electron chi connectivity index (χ3n) is 9.58. The molecule has 0 spiro atoms. The lowest BCUT2D eigenvalue weighted by molar-refractivity contribution is -0.188. The van der Waals surface area contributed by atoms with Gasteiger partial charge in [-0.25, -0.2) is 9.97 Å². The number of hydrogen-bond donors (Lipinski definition) is 0. The molecule has 6 rings (SSSR count). The summed E-state index contributed by atoms with van der Waals surface area (Å²) >= 11 is 7.50. The smallest absolute Gasteiger partial charge is 0.226 e. The standard InChI is InChI=1S/C39H41ClN2O7S/c1-10-25-29(27-31(44)36(3,4)48-37(5,6)32(27)45)42-35(50-25)23-13-11-12-21(18-23)19-39(9)33(46)26(30(43)38(7,8)49-39)28-20(2)47-34(41-28)22-14-16-24(40)17-15-22/h11-18,26-27H,10,19H2,1-9H3. The molecule has 2 unspecified atom stereocenters. The van der Waals surface area contributed by atoms with Crippen molar-refractivity contribution in [3.05, 3.63) is 81.1 Å². The Balaban J connectivity index is 1.33. The highest BCUT2D eigenvalue weighted by atomic mass is 35.5. The van der Waals surface area contributed by atoms with Gasteiger partial charge < -0.3 is 13.9 Å². The molecule has 0 bridgehead atoms. The summed E-state index contributed by atoms with van der Waals surface area (Å²) in [5.41, 5.74) is -1.99. The first-order chi connectivity index (χ1) is 23.3. The van der Waals surface area contributed by atoms with Crippen LogP contribution in [0.15, 0.2) is 52.9 Å². The minimum absolute atomic E-state index is 0.173. The Bertz CT molecular complexity index is 2010. The molecular formula is C39H41ClN2O7S.